The maximum Gasteiger partial charge on any atom is 0.264 e. The predicted octanol–water partition coefficient (Wildman–Crippen LogP) is 3.60. The molecule has 4 heteroatoms. The summed E-state index contributed by atoms with van der Waals surface area (Å²) < 4.78 is 27.0. The summed E-state index contributed by atoms with van der Waals surface area (Å²) in [5.74, 6) is 0. The molecular weight excluding hydrogens is 270 g/mol. The molecule has 0 spiro atoms. The van der Waals surface area contributed by atoms with E-state index in [-0.39, 0.29) is 0 Å². The van der Waals surface area contributed by atoms with Crippen LogP contribution in [0.1, 0.15) is 18.9 Å². The molecule has 0 fully saturated rings. The van der Waals surface area contributed by atoms with Crippen molar-refractivity contribution in [3.05, 3.63) is 60.2 Å². The first kappa shape index (κ1) is 14.6. The van der Waals surface area contributed by atoms with E-state index in [0.29, 0.717) is 11.4 Å². The highest BCUT2D eigenvalue weighted by molar-refractivity contribution is 7.92. The topological polar surface area (TPSA) is 37.4 Å². The van der Waals surface area contributed by atoms with Crippen LogP contribution in [-0.4, -0.2) is 15.0 Å². The molecule has 0 saturated carbocycles. The molecule has 3 nitrogen and oxygen atoms in total. The molecule has 106 valence electrons. The van der Waals surface area contributed by atoms with Crippen LogP contribution >= 0.6 is 0 Å². The van der Waals surface area contributed by atoms with E-state index in [4.69, 9.17) is 0 Å². The van der Waals surface area contributed by atoms with Crippen LogP contribution in [0.15, 0.2) is 59.5 Å². The Morgan fingerprint density at radius 1 is 1.00 bits per heavy atom. The van der Waals surface area contributed by atoms with Crippen molar-refractivity contribution in [2.45, 2.75) is 25.2 Å². The minimum atomic E-state index is -3.50. The normalized spacial score (nSPS) is 11.3. The highest BCUT2D eigenvalue weighted by Crippen LogP contribution is 2.24. The molecule has 0 N–H and O–H groups in total. The Morgan fingerprint density at radius 3 is 2.30 bits per heavy atom. The molecule has 2 aromatic carbocycles. The fourth-order valence-corrected chi connectivity index (χ4v) is 3.66. The molecule has 0 atom stereocenters. The Bertz CT molecular complexity index is 666. The fourth-order valence-electron chi connectivity index (χ4n) is 2.09. The average Bonchev–Trinajstić information content (AvgIpc) is 2.45. The summed E-state index contributed by atoms with van der Waals surface area (Å²) in [5.41, 5.74) is 1.77. The van der Waals surface area contributed by atoms with Crippen molar-refractivity contribution in [2.75, 3.05) is 10.8 Å². The Hall–Kier alpha value is -1.81. The molecule has 0 unspecified atom stereocenters. The van der Waals surface area contributed by atoms with Gasteiger partial charge in [-0.3, -0.25) is 4.31 Å². The minimum Gasteiger partial charge on any atom is -0.266 e. The van der Waals surface area contributed by atoms with Gasteiger partial charge >= 0.3 is 0 Å². The van der Waals surface area contributed by atoms with Crippen molar-refractivity contribution < 1.29 is 8.42 Å². The van der Waals surface area contributed by atoms with E-state index in [1.807, 2.05) is 44.2 Å². The SMILES string of the molecule is CCCN(c1cccc(C)c1)S(=O)(=O)c1ccccc1. The Kier molecular flexibility index (Phi) is 4.45. The summed E-state index contributed by atoms with van der Waals surface area (Å²) in [5, 5.41) is 0. The first-order chi connectivity index (χ1) is 9.55. The quantitative estimate of drug-likeness (QED) is 0.843. The Balaban J connectivity index is 2.48. The third-order valence-electron chi connectivity index (χ3n) is 3.05. The van der Waals surface area contributed by atoms with E-state index in [1.165, 1.54) is 4.31 Å². The number of hydrogen-bond donors (Lipinski definition) is 0. The lowest BCUT2D eigenvalue weighted by Gasteiger charge is -2.24. The van der Waals surface area contributed by atoms with E-state index >= 15 is 0 Å². The second kappa shape index (κ2) is 6.09. The van der Waals surface area contributed by atoms with E-state index in [1.54, 1.807) is 24.3 Å². The van der Waals surface area contributed by atoms with E-state index in [0.717, 1.165) is 17.7 Å². The lowest BCUT2D eigenvalue weighted by Crippen LogP contribution is -2.31. The van der Waals surface area contributed by atoms with Crippen LogP contribution in [0.4, 0.5) is 5.69 Å². The van der Waals surface area contributed by atoms with Gasteiger partial charge in [-0.15, -0.1) is 0 Å². The second-order valence-corrected chi connectivity index (χ2v) is 6.59. The molecule has 0 bridgehead atoms. The summed E-state index contributed by atoms with van der Waals surface area (Å²) >= 11 is 0. The van der Waals surface area contributed by atoms with E-state index in [2.05, 4.69) is 0 Å². The van der Waals surface area contributed by atoms with Gasteiger partial charge in [0.1, 0.15) is 0 Å². The van der Waals surface area contributed by atoms with Crippen LogP contribution in [0.2, 0.25) is 0 Å². The van der Waals surface area contributed by atoms with Crippen LogP contribution < -0.4 is 4.31 Å². The van der Waals surface area contributed by atoms with Gasteiger partial charge in [0.05, 0.1) is 10.6 Å². The van der Waals surface area contributed by atoms with Gasteiger partial charge in [-0.25, -0.2) is 8.42 Å². The van der Waals surface area contributed by atoms with Crippen molar-refractivity contribution in [3.63, 3.8) is 0 Å². The smallest absolute Gasteiger partial charge is 0.264 e. The lowest BCUT2D eigenvalue weighted by molar-refractivity contribution is 0.590. The molecule has 0 amide bonds. The highest BCUT2D eigenvalue weighted by Gasteiger charge is 2.23. The number of nitrogens with zero attached hydrogens (tertiary/aromatic N) is 1. The zero-order valence-electron chi connectivity index (χ0n) is 11.8. The first-order valence-corrected chi connectivity index (χ1v) is 8.14. The standard InChI is InChI=1S/C16H19NO2S/c1-3-12-17(15-9-7-8-14(2)13-15)20(18,19)16-10-5-4-6-11-16/h4-11,13H,3,12H2,1-2H3. The number of rotatable bonds is 5. The molecule has 0 saturated heterocycles. The highest BCUT2D eigenvalue weighted by atomic mass is 32.2. The van der Waals surface area contributed by atoms with Crippen LogP contribution in [0.5, 0.6) is 0 Å². The van der Waals surface area contributed by atoms with E-state index < -0.39 is 10.0 Å². The van der Waals surface area contributed by atoms with Gasteiger partial charge in [-0.1, -0.05) is 37.3 Å². The third kappa shape index (κ3) is 3.02. The number of benzene rings is 2. The number of hydrogen-bond acceptors (Lipinski definition) is 2. The minimum absolute atomic E-state index is 0.329. The predicted molar refractivity (Wildman–Crippen MR) is 82.4 cm³/mol. The molecule has 0 aliphatic rings. The first-order valence-electron chi connectivity index (χ1n) is 6.70. The molecular formula is C16H19NO2S. The number of aryl methyl sites for hydroxylation is 1. The molecule has 0 heterocycles. The van der Waals surface area contributed by atoms with Gasteiger partial charge in [-0.2, -0.15) is 0 Å². The van der Waals surface area contributed by atoms with Crippen LogP contribution in [0.25, 0.3) is 0 Å². The van der Waals surface area contributed by atoms with Crippen molar-refractivity contribution in [2.24, 2.45) is 0 Å². The summed E-state index contributed by atoms with van der Waals surface area (Å²) in [6, 6.07) is 16.1. The second-order valence-electron chi connectivity index (χ2n) is 4.73. The third-order valence-corrected chi connectivity index (χ3v) is 4.89. The van der Waals surface area contributed by atoms with Gasteiger partial charge in [0, 0.05) is 6.54 Å². The molecule has 0 aliphatic carbocycles. The lowest BCUT2D eigenvalue weighted by atomic mass is 10.2. The van der Waals surface area contributed by atoms with Gasteiger partial charge in [0.2, 0.25) is 0 Å². The van der Waals surface area contributed by atoms with Crippen LogP contribution in [-0.2, 0) is 10.0 Å². The monoisotopic (exact) mass is 289 g/mol. The molecule has 2 rings (SSSR count). The van der Waals surface area contributed by atoms with Crippen molar-refractivity contribution >= 4 is 15.7 Å². The fraction of sp³-hybridized carbons (Fsp3) is 0.250. The maximum atomic E-state index is 12.8. The molecule has 0 radical (unpaired) electrons. The maximum absolute atomic E-state index is 12.8. The number of sulfonamides is 1. The molecule has 0 aliphatic heterocycles. The van der Waals surface area contributed by atoms with Crippen LogP contribution in [0, 0.1) is 6.92 Å². The summed E-state index contributed by atoms with van der Waals surface area (Å²) in [4.78, 5) is 0.329. The zero-order valence-corrected chi connectivity index (χ0v) is 12.6. The van der Waals surface area contributed by atoms with Crippen molar-refractivity contribution in [1.82, 2.24) is 0 Å². The molecule has 0 aromatic heterocycles. The molecule has 20 heavy (non-hydrogen) atoms. The van der Waals surface area contributed by atoms with Gasteiger partial charge in [0.25, 0.3) is 10.0 Å². The van der Waals surface area contributed by atoms with Crippen molar-refractivity contribution in [3.8, 4) is 0 Å². The Labute approximate surface area is 120 Å². The van der Waals surface area contributed by atoms with Gasteiger partial charge < -0.3 is 0 Å². The summed E-state index contributed by atoms with van der Waals surface area (Å²) in [6.45, 7) is 4.41. The zero-order chi connectivity index (χ0) is 14.6. The Morgan fingerprint density at radius 2 is 1.70 bits per heavy atom. The largest absolute Gasteiger partial charge is 0.266 e. The van der Waals surface area contributed by atoms with Crippen LogP contribution in [0.3, 0.4) is 0 Å². The van der Waals surface area contributed by atoms with E-state index in [9.17, 15) is 8.42 Å². The average molecular weight is 289 g/mol. The van der Waals surface area contributed by atoms with Gasteiger partial charge in [-0.05, 0) is 43.2 Å². The summed E-state index contributed by atoms with van der Waals surface area (Å²) in [7, 11) is -3.50. The van der Waals surface area contributed by atoms with Crippen molar-refractivity contribution in [1.29, 1.82) is 0 Å². The summed E-state index contributed by atoms with van der Waals surface area (Å²) in [6.07, 6.45) is 0.764. The van der Waals surface area contributed by atoms with Gasteiger partial charge in [0.15, 0.2) is 0 Å². The molecule has 2 aromatic rings. The number of anilines is 1.